The van der Waals surface area contributed by atoms with Crippen LogP contribution in [0.1, 0.15) is 18.1 Å². The summed E-state index contributed by atoms with van der Waals surface area (Å²) in [5, 5.41) is 12.3. The Morgan fingerprint density at radius 1 is 1.40 bits per heavy atom. The van der Waals surface area contributed by atoms with Crippen molar-refractivity contribution < 1.29 is 9.53 Å². The topological polar surface area (TPSA) is 67.4 Å². The summed E-state index contributed by atoms with van der Waals surface area (Å²) < 4.78 is 6.26. The van der Waals surface area contributed by atoms with Gasteiger partial charge in [-0.05, 0) is 44.0 Å². The number of anilines is 2. The number of aromatic nitrogens is 2. The third-order valence-electron chi connectivity index (χ3n) is 4.08. The van der Waals surface area contributed by atoms with Crippen molar-refractivity contribution in [1.29, 1.82) is 0 Å². The van der Waals surface area contributed by atoms with Crippen LogP contribution >= 0.6 is 23.1 Å². The Labute approximate surface area is 156 Å². The molecule has 0 spiro atoms. The van der Waals surface area contributed by atoms with Gasteiger partial charge in [-0.25, -0.2) is 0 Å². The van der Waals surface area contributed by atoms with E-state index in [2.05, 4.69) is 41.5 Å². The third-order valence-corrected chi connectivity index (χ3v) is 6.03. The lowest BCUT2D eigenvalue weighted by molar-refractivity contribution is -0.135. The summed E-state index contributed by atoms with van der Waals surface area (Å²) in [6.45, 7) is 8.10. The van der Waals surface area contributed by atoms with E-state index in [1.807, 2.05) is 17.9 Å². The predicted octanol–water partition coefficient (Wildman–Crippen LogP) is 3.24. The van der Waals surface area contributed by atoms with E-state index in [9.17, 15) is 4.79 Å². The summed E-state index contributed by atoms with van der Waals surface area (Å²) in [6.07, 6.45) is 0.109. The molecule has 1 aromatic heterocycles. The maximum Gasteiger partial charge on any atom is 0.233 e. The molecular weight excluding hydrogens is 356 g/mol. The molecule has 1 unspecified atom stereocenters. The molecule has 0 saturated carbocycles. The molecule has 1 aliphatic rings. The van der Waals surface area contributed by atoms with Gasteiger partial charge in [0.05, 0.1) is 18.5 Å². The zero-order valence-corrected chi connectivity index (χ0v) is 16.2. The summed E-state index contributed by atoms with van der Waals surface area (Å²) in [5.41, 5.74) is 3.48. The van der Waals surface area contributed by atoms with E-state index in [4.69, 9.17) is 4.74 Å². The minimum absolute atomic E-state index is 0.109. The van der Waals surface area contributed by atoms with Crippen molar-refractivity contribution in [3.8, 4) is 0 Å². The summed E-state index contributed by atoms with van der Waals surface area (Å²) in [6, 6.07) is 6.20. The molecule has 2 aromatic rings. The molecule has 0 bridgehead atoms. The van der Waals surface area contributed by atoms with Crippen molar-refractivity contribution in [3.05, 3.63) is 29.3 Å². The number of thioether (sulfide) groups is 1. The number of aryl methyl sites for hydroxylation is 2. The van der Waals surface area contributed by atoms with Crippen molar-refractivity contribution in [1.82, 2.24) is 15.1 Å². The van der Waals surface area contributed by atoms with Gasteiger partial charge < -0.3 is 15.0 Å². The lowest BCUT2D eigenvalue weighted by atomic mass is 10.1. The zero-order valence-electron chi connectivity index (χ0n) is 14.6. The Hall–Kier alpha value is -1.64. The maximum atomic E-state index is 12.3. The largest absolute Gasteiger partial charge is 0.375 e. The van der Waals surface area contributed by atoms with Gasteiger partial charge >= 0.3 is 0 Å². The van der Waals surface area contributed by atoms with Gasteiger partial charge in [0.25, 0.3) is 0 Å². The minimum atomic E-state index is 0.109. The zero-order chi connectivity index (χ0) is 17.8. The van der Waals surface area contributed by atoms with Gasteiger partial charge in [0.2, 0.25) is 11.0 Å². The fraction of sp³-hybridized carbons (Fsp3) is 0.471. The average molecular weight is 379 g/mol. The van der Waals surface area contributed by atoms with Crippen molar-refractivity contribution in [2.24, 2.45) is 0 Å². The minimum Gasteiger partial charge on any atom is -0.375 e. The number of ether oxygens (including phenoxy) is 1. The van der Waals surface area contributed by atoms with Crippen LogP contribution in [-0.2, 0) is 9.53 Å². The van der Waals surface area contributed by atoms with Crippen molar-refractivity contribution in [2.75, 3.05) is 30.8 Å². The first kappa shape index (κ1) is 18.2. The second-order valence-corrected chi connectivity index (χ2v) is 8.31. The smallest absolute Gasteiger partial charge is 0.233 e. The molecule has 134 valence electrons. The van der Waals surface area contributed by atoms with Crippen LogP contribution in [0, 0.1) is 13.8 Å². The van der Waals surface area contributed by atoms with E-state index >= 15 is 0 Å². The summed E-state index contributed by atoms with van der Waals surface area (Å²) in [4.78, 5) is 14.1. The van der Waals surface area contributed by atoms with Gasteiger partial charge in [0.15, 0.2) is 4.34 Å². The van der Waals surface area contributed by atoms with Crippen LogP contribution in [0.25, 0.3) is 0 Å². The predicted molar refractivity (Wildman–Crippen MR) is 102 cm³/mol. The summed E-state index contributed by atoms with van der Waals surface area (Å²) in [7, 11) is 0. The number of nitrogens with zero attached hydrogens (tertiary/aromatic N) is 3. The van der Waals surface area contributed by atoms with E-state index in [1.165, 1.54) is 34.2 Å². The number of hydrogen-bond donors (Lipinski definition) is 1. The van der Waals surface area contributed by atoms with Crippen molar-refractivity contribution in [3.63, 3.8) is 0 Å². The number of hydrogen-bond acceptors (Lipinski definition) is 7. The fourth-order valence-electron chi connectivity index (χ4n) is 2.52. The highest BCUT2D eigenvalue weighted by atomic mass is 32.2. The number of morpholine rings is 1. The van der Waals surface area contributed by atoms with Crippen LogP contribution < -0.4 is 5.32 Å². The van der Waals surface area contributed by atoms with E-state index in [-0.39, 0.29) is 12.0 Å². The van der Waals surface area contributed by atoms with Crippen molar-refractivity contribution >= 4 is 39.8 Å². The molecule has 1 aliphatic heterocycles. The van der Waals surface area contributed by atoms with E-state index in [0.717, 1.165) is 15.2 Å². The number of carbonyl (C=O) groups excluding carboxylic acids is 1. The summed E-state index contributed by atoms with van der Waals surface area (Å²) in [5.74, 6) is 0.504. The molecule has 0 aliphatic carbocycles. The number of amides is 1. The first-order valence-electron chi connectivity index (χ1n) is 8.21. The van der Waals surface area contributed by atoms with Crippen LogP contribution in [0.15, 0.2) is 22.5 Å². The molecule has 25 heavy (non-hydrogen) atoms. The van der Waals surface area contributed by atoms with Crippen LogP contribution in [0.2, 0.25) is 0 Å². The first-order chi connectivity index (χ1) is 12.0. The lowest BCUT2D eigenvalue weighted by Crippen LogP contribution is -2.45. The molecule has 0 radical (unpaired) electrons. The molecule has 1 aromatic carbocycles. The second-order valence-electron chi connectivity index (χ2n) is 6.11. The molecule has 1 fully saturated rings. The van der Waals surface area contributed by atoms with Gasteiger partial charge in [-0.3, -0.25) is 4.79 Å². The van der Waals surface area contributed by atoms with Gasteiger partial charge in [-0.15, -0.1) is 10.2 Å². The maximum absolute atomic E-state index is 12.3. The standard InChI is InChI=1S/C17H22N4O2S2/c1-11-4-5-14(8-12(11)2)18-16-19-20-17(25-16)24-10-15(22)21-6-7-23-13(3)9-21/h4-5,8,13H,6-7,9-10H2,1-3H3,(H,18,19). The van der Waals surface area contributed by atoms with Crippen LogP contribution in [0.5, 0.6) is 0 Å². The fourth-order valence-corrected chi connectivity index (χ4v) is 4.20. The van der Waals surface area contributed by atoms with Gasteiger partial charge in [0, 0.05) is 18.8 Å². The van der Waals surface area contributed by atoms with Crippen LogP contribution in [0.3, 0.4) is 0 Å². The number of carbonyl (C=O) groups is 1. The highest BCUT2D eigenvalue weighted by Crippen LogP contribution is 2.28. The highest BCUT2D eigenvalue weighted by molar-refractivity contribution is 8.01. The Bertz CT molecular complexity index is 750. The molecule has 3 rings (SSSR count). The Morgan fingerprint density at radius 2 is 2.24 bits per heavy atom. The number of rotatable bonds is 5. The molecule has 6 nitrogen and oxygen atoms in total. The summed E-state index contributed by atoms with van der Waals surface area (Å²) >= 11 is 2.89. The van der Waals surface area contributed by atoms with E-state index < -0.39 is 0 Å². The number of benzene rings is 1. The molecular formula is C17H22N4O2S2. The lowest BCUT2D eigenvalue weighted by Gasteiger charge is -2.31. The molecule has 1 amide bonds. The molecule has 8 heteroatoms. The monoisotopic (exact) mass is 378 g/mol. The number of nitrogens with one attached hydrogen (secondary N) is 1. The Balaban J connectivity index is 1.53. The van der Waals surface area contributed by atoms with Gasteiger partial charge in [0.1, 0.15) is 0 Å². The quantitative estimate of drug-likeness (QED) is 0.806. The van der Waals surface area contributed by atoms with Crippen molar-refractivity contribution in [2.45, 2.75) is 31.2 Å². The molecule has 1 saturated heterocycles. The third kappa shape index (κ3) is 4.93. The van der Waals surface area contributed by atoms with Gasteiger partial charge in [-0.2, -0.15) is 0 Å². The van der Waals surface area contributed by atoms with Crippen LogP contribution in [0.4, 0.5) is 10.8 Å². The second kappa shape index (κ2) is 8.16. The molecule has 2 heterocycles. The Morgan fingerprint density at radius 3 is 3.00 bits per heavy atom. The van der Waals surface area contributed by atoms with Crippen LogP contribution in [-0.4, -0.2) is 52.6 Å². The van der Waals surface area contributed by atoms with E-state index in [1.54, 1.807) is 0 Å². The first-order valence-corrected chi connectivity index (χ1v) is 10.0. The van der Waals surface area contributed by atoms with E-state index in [0.29, 0.717) is 25.4 Å². The Kier molecular flexibility index (Phi) is 5.93. The normalized spacial score (nSPS) is 17.6. The highest BCUT2D eigenvalue weighted by Gasteiger charge is 2.21. The van der Waals surface area contributed by atoms with Gasteiger partial charge in [-0.1, -0.05) is 29.2 Å². The average Bonchev–Trinajstić information content (AvgIpc) is 3.03. The SMILES string of the molecule is Cc1ccc(Nc2nnc(SCC(=O)N3CCOC(C)C3)s2)cc1C. The molecule has 1 N–H and O–H groups in total. The molecule has 1 atom stereocenters.